The Morgan fingerprint density at radius 1 is 1.47 bits per heavy atom. The highest BCUT2D eigenvalue weighted by Gasteiger charge is 2.31. The third kappa shape index (κ3) is 2.84. The number of aromatic nitrogens is 1. The fraction of sp³-hybridized carbons (Fsp3) is 0.500. The first-order valence-corrected chi connectivity index (χ1v) is 8.26. The second-order valence-electron chi connectivity index (χ2n) is 4.87. The molecule has 0 spiro atoms. The van der Waals surface area contributed by atoms with E-state index in [1.165, 1.54) is 9.71 Å². The quantitative estimate of drug-likeness (QED) is 0.924. The van der Waals surface area contributed by atoms with Crippen LogP contribution in [0.15, 0.2) is 22.7 Å². The van der Waals surface area contributed by atoms with Crippen molar-refractivity contribution in [2.45, 2.75) is 25.3 Å². The second kappa shape index (κ2) is 5.87. The summed E-state index contributed by atoms with van der Waals surface area (Å²) in [5.74, 6) is 0.391. The number of nitrogens with one attached hydrogen (secondary N) is 1. The Balaban J connectivity index is 1.86. The van der Waals surface area contributed by atoms with Crippen molar-refractivity contribution in [3.05, 3.63) is 27.7 Å². The molecule has 2 heterocycles. The summed E-state index contributed by atoms with van der Waals surface area (Å²) in [4.78, 5) is 4.78. The molecule has 1 aromatic heterocycles. The van der Waals surface area contributed by atoms with Crippen molar-refractivity contribution in [2.24, 2.45) is 0 Å². The summed E-state index contributed by atoms with van der Waals surface area (Å²) in [5, 5.41) is 4.76. The third-order valence-electron chi connectivity index (χ3n) is 3.42. The van der Waals surface area contributed by atoms with Gasteiger partial charge in [-0.1, -0.05) is 22.9 Å². The Kier molecular flexibility index (Phi) is 4.17. The van der Waals surface area contributed by atoms with Crippen LogP contribution >= 0.6 is 27.3 Å². The van der Waals surface area contributed by atoms with Crippen LogP contribution < -0.4 is 5.32 Å². The van der Waals surface area contributed by atoms with E-state index in [2.05, 4.69) is 46.4 Å². The number of halogens is 1. The Bertz CT molecular complexity index is 572. The molecule has 19 heavy (non-hydrogen) atoms. The van der Waals surface area contributed by atoms with E-state index in [9.17, 15) is 0 Å². The van der Waals surface area contributed by atoms with Crippen molar-refractivity contribution in [3.8, 4) is 0 Å². The minimum absolute atomic E-state index is 0.391. The van der Waals surface area contributed by atoms with Gasteiger partial charge in [0.05, 0.1) is 29.3 Å². The Morgan fingerprint density at radius 3 is 3.21 bits per heavy atom. The van der Waals surface area contributed by atoms with E-state index >= 15 is 0 Å². The number of thiazole rings is 1. The van der Waals surface area contributed by atoms with Gasteiger partial charge >= 0.3 is 0 Å². The summed E-state index contributed by atoms with van der Waals surface area (Å²) in [5.41, 5.74) is 1.08. The predicted molar refractivity (Wildman–Crippen MR) is 83.0 cm³/mol. The molecule has 1 fully saturated rings. The fourth-order valence-corrected chi connectivity index (χ4v) is 3.85. The summed E-state index contributed by atoms with van der Waals surface area (Å²) in [6.07, 6.45) is 1.15. The van der Waals surface area contributed by atoms with E-state index in [1.807, 2.05) is 0 Å². The molecule has 102 valence electrons. The van der Waals surface area contributed by atoms with Gasteiger partial charge in [0.2, 0.25) is 0 Å². The lowest BCUT2D eigenvalue weighted by Crippen LogP contribution is -2.34. The van der Waals surface area contributed by atoms with Crippen LogP contribution in [0.25, 0.3) is 10.2 Å². The minimum Gasteiger partial charge on any atom is -0.379 e. The summed E-state index contributed by atoms with van der Waals surface area (Å²) in [7, 11) is 0. The number of hydrogen-bond acceptors (Lipinski definition) is 4. The van der Waals surface area contributed by atoms with Crippen molar-refractivity contribution in [1.82, 2.24) is 10.3 Å². The molecule has 2 aromatic rings. The van der Waals surface area contributed by atoms with Gasteiger partial charge in [0, 0.05) is 10.5 Å². The summed E-state index contributed by atoms with van der Waals surface area (Å²) < 4.78 is 7.97. The first-order chi connectivity index (χ1) is 9.28. The lowest BCUT2D eigenvalue weighted by atomic mass is 10.0. The van der Waals surface area contributed by atoms with Crippen molar-refractivity contribution in [3.63, 3.8) is 0 Å². The van der Waals surface area contributed by atoms with Gasteiger partial charge in [-0.25, -0.2) is 4.98 Å². The first-order valence-electron chi connectivity index (χ1n) is 6.65. The summed E-state index contributed by atoms with van der Waals surface area (Å²) >= 11 is 5.29. The first kappa shape index (κ1) is 13.5. The zero-order valence-electron chi connectivity index (χ0n) is 10.9. The van der Waals surface area contributed by atoms with Gasteiger partial charge in [-0.15, -0.1) is 11.3 Å². The smallest absolute Gasteiger partial charge is 0.101 e. The molecule has 1 N–H and O–H groups in total. The van der Waals surface area contributed by atoms with Gasteiger partial charge in [-0.05, 0) is 31.2 Å². The van der Waals surface area contributed by atoms with Crippen LogP contribution in [0.2, 0.25) is 0 Å². The molecule has 1 aromatic carbocycles. The van der Waals surface area contributed by atoms with Gasteiger partial charge in [-0.3, -0.25) is 0 Å². The molecule has 1 aliphatic rings. The van der Waals surface area contributed by atoms with E-state index in [-0.39, 0.29) is 0 Å². The molecule has 0 amide bonds. The van der Waals surface area contributed by atoms with E-state index < -0.39 is 0 Å². The topological polar surface area (TPSA) is 34.1 Å². The average Bonchev–Trinajstić information content (AvgIpc) is 3.01. The van der Waals surface area contributed by atoms with Crippen molar-refractivity contribution in [1.29, 1.82) is 0 Å². The van der Waals surface area contributed by atoms with Crippen LogP contribution in [0.4, 0.5) is 0 Å². The molecule has 2 unspecified atom stereocenters. The van der Waals surface area contributed by atoms with Gasteiger partial charge in [0.25, 0.3) is 0 Å². The zero-order chi connectivity index (χ0) is 13.2. The van der Waals surface area contributed by atoms with Crippen LogP contribution in [0, 0.1) is 0 Å². The molecule has 0 radical (unpaired) electrons. The standard InChI is InChI=1S/C14H17BrN2OS/c1-2-5-16-12-8-18-7-10(12)14-17-11-6-9(15)3-4-13(11)19-14/h3-4,6,10,12,16H,2,5,7-8H2,1H3. The lowest BCUT2D eigenvalue weighted by molar-refractivity contribution is 0.187. The number of benzene rings is 1. The highest BCUT2D eigenvalue weighted by atomic mass is 79.9. The zero-order valence-corrected chi connectivity index (χ0v) is 13.3. The van der Waals surface area contributed by atoms with Crippen LogP contribution in [-0.2, 0) is 4.74 Å². The maximum absolute atomic E-state index is 5.64. The van der Waals surface area contributed by atoms with E-state index in [0.717, 1.165) is 36.2 Å². The summed E-state index contributed by atoms with van der Waals surface area (Å²) in [6.45, 7) is 4.81. The van der Waals surface area contributed by atoms with Gasteiger partial charge in [-0.2, -0.15) is 0 Å². The summed E-state index contributed by atoms with van der Waals surface area (Å²) in [6, 6.07) is 6.69. The molecule has 0 saturated carbocycles. The van der Waals surface area contributed by atoms with Crippen LogP contribution in [0.1, 0.15) is 24.3 Å². The number of rotatable bonds is 4. The van der Waals surface area contributed by atoms with Gasteiger partial charge in [0.15, 0.2) is 0 Å². The Morgan fingerprint density at radius 2 is 2.37 bits per heavy atom. The maximum Gasteiger partial charge on any atom is 0.101 e. The fourth-order valence-electron chi connectivity index (χ4n) is 2.41. The number of hydrogen-bond donors (Lipinski definition) is 1. The van der Waals surface area contributed by atoms with Crippen LogP contribution in [0.3, 0.4) is 0 Å². The highest BCUT2D eigenvalue weighted by molar-refractivity contribution is 9.10. The van der Waals surface area contributed by atoms with E-state index in [1.54, 1.807) is 11.3 Å². The molecular weight excluding hydrogens is 324 g/mol. The minimum atomic E-state index is 0.391. The monoisotopic (exact) mass is 340 g/mol. The van der Waals surface area contributed by atoms with Crippen molar-refractivity contribution in [2.75, 3.05) is 19.8 Å². The van der Waals surface area contributed by atoms with Crippen molar-refractivity contribution >= 4 is 37.5 Å². The Hall–Kier alpha value is -0.490. The van der Waals surface area contributed by atoms with E-state index in [4.69, 9.17) is 9.72 Å². The molecule has 5 heteroatoms. The molecule has 0 bridgehead atoms. The number of fused-ring (bicyclic) bond motifs is 1. The van der Waals surface area contributed by atoms with Crippen LogP contribution in [0.5, 0.6) is 0 Å². The second-order valence-corrected chi connectivity index (χ2v) is 6.85. The predicted octanol–water partition coefficient (Wildman–Crippen LogP) is 3.54. The normalized spacial score (nSPS) is 23.3. The molecule has 3 rings (SSSR count). The lowest BCUT2D eigenvalue weighted by Gasteiger charge is -2.16. The van der Waals surface area contributed by atoms with Gasteiger partial charge < -0.3 is 10.1 Å². The maximum atomic E-state index is 5.64. The van der Waals surface area contributed by atoms with Gasteiger partial charge in [0.1, 0.15) is 5.01 Å². The van der Waals surface area contributed by atoms with Crippen molar-refractivity contribution < 1.29 is 4.74 Å². The molecule has 1 saturated heterocycles. The SMILES string of the molecule is CCCNC1COCC1c1nc2cc(Br)ccc2s1. The highest BCUT2D eigenvalue weighted by Crippen LogP contribution is 2.33. The number of nitrogens with zero attached hydrogens (tertiary/aromatic N) is 1. The molecule has 2 atom stereocenters. The molecule has 0 aliphatic carbocycles. The molecular formula is C14H17BrN2OS. The van der Waals surface area contributed by atoms with E-state index in [0.29, 0.717) is 12.0 Å². The third-order valence-corrected chi connectivity index (χ3v) is 5.08. The largest absolute Gasteiger partial charge is 0.379 e. The molecule has 3 nitrogen and oxygen atoms in total. The van der Waals surface area contributed by atoms with Crippen LogP contribution in [-0.4, -0.2) is 30.8 Å². The average molecular weight is 341 g/mol. The Labute approximate surface area is 125 Å². The molecule has 1 aliphatic heterocycles. The number of ether oxygens (including phenoxy) is 1.